The first kappa shape index (κ1) is 19.9. The van der Waals surface area contributed by atoms with Gasteiger partial charge in [-0.05, 0) is 54.7 Å². The molecule has 1 heterocycles. The fourth-order valence-corrected chi connectivity index (χ4v) is 2.70. The van der Waals surface area contributed by atoms with E-state index in [1.54, 1.807) is 24.3 Å². The molecule has 0 aliphatic heterocycles. The van der Waals surface area contributed by atoms with Crippen molar-refractivity contribution in [2.24, 2.45) is 0 Å². The number of anilines is 1. The smallest absolute Gasteiger partial charge is 0.299 e. The number of H-pyrrole nitrogens is 1. The second-order valence-electron chi connectivity index (χ2n) is 5.70. The number of nitrogens with one attached hydrogen (secondary N) is 3. The van der Waals surface area contributed by atoms with Crippen LogP contribution in [-0.4, -0.2) is 20.7 Å². The Morgan fingerprint density at radius 2 is 1.93 bits per heavy atom. The Kier molecular flexibility index (Phi) is 5.71. The van der Waals surface area contributed by atoms with Crippen molar-refractivity contribution in [3.05, 3.63) is 63.9 Å². The normalized spacial score (nSPS) is 11.3. The lowest BCUT2D eigenvalue weighted by molar-refractivity contribution is -0.137. The van der Waals surface area contributed by atoms with Crippen LogP contribution >= 0.6 is 23.8 Å². The number of nitrogens with zero attached hydrogens (tertiary/aromatic N) is 2. The zero-order valence-electron chi connectivity index (χ0n) is 14.0. The van der Waals surface area contributed by atoms with Gasteiger partial charge in [-0.25, -0.2) is 0 Å². The van der Waals surface area contributed by atoms with Crippen molar-refractivity contribution in [2.75, 3.05) is 5.43 Å². The van der Waals surface area contributed by atoms with Gasteiger partial charge in [0.05, 0.1) is 11.3 Å². The molecular weight excluding hydrogens is 415 g/mol. The summed E-state index contributed by atoms with van der Waals surface area (Å²) in [5.74, 6) is -0.0963. The predicted octanol–water partition coefficient (Wildman–Crippen LogP) is 4.42. The molecule has 0 fully saturated rings. The van der Waals surface area contributed by atoms with Crippen molar-refractivity contribution in [1.29, 1.82) is 0 Å². The molecular formula is C17H13ClF3N5OS. The first-order chi connectivity index (χ1) is 13.2. The molecule has 2 aromatic carbocycles. The minimum atomic E-state index is -4.47. The largest absolute Gasteiger partial charge is 0.416 e. The zero-order valence-corrected chi connectivity index (χ0v) is 15.6. The lowest BCUT2D eigenvalue weighted by atomic mass is 10.2. The summed E-state index contributed by atoms with van der Waals surface area (Å²) in [6.45, 7) is -0.195. The fourth-order valence-electron chi connectivity index (χ4n) is 2.38. The Morgan fingerprint density at radius 3 is 2.61 bits per heavy atom. The molecule has 11 heteroatoms. The number of amides is 1. The van der Waals surface area contributed by atoms with Gasteiger partial charge in [-0.15, -0.1) is 0 Å². The van der Waals surface area contributed by atoms with E-state index in [1.165, 1.54) is 16.7 Å². The Bertz CT molecular complexity index is 1050. The summed E-state index contributed by atoms with van der Waals surface area (Å²) in [7, 11) is 0. The van der Waals surface area contributed by atoms with E-state index in [2.05, 4.69) is 21.0 Å². The molecule has 28 heavy (non-hydrogen) atoms. The molecule has 1 aromatic heterocycles. The highest BCUT2D eigenvalue weighted by Crippen LogP contribution is 2.30. The number of alkyl halides is 3. The molecule has 3 N–H and O–H groups in total. The third-order valence-corrected chi connectivity index (χ3v) is 4.26. The number of carbonyl (C=O) groups excluding carboxylic acids is 1. The van der Waals surface area contributed by atoms with Gasteiger partial charge in [-0.1, -0.05) is 17.7 Å². The highest BCUT2D eigenvalue weighted by Gasteiger charge is 2.30. The van der Waals surface area contributed by atoms with E-state index in [9.17, 15) is 18.0 Å². The molecule has 6 nitrogen and oxygen atoms in total. The van der Waals surface area contributed by atoms with Gasteiger partial charge in [0.25, 0.3) is 5.91 Å². The van der Waals surface area contributed by atoms with Crippen LogP contribution in [0, 0.1) is 4.77 Å². The van der Waals surface area contributed by atoms with Gasteiger partial charge in [-0.3, -0.25) is 25.3 Å². The van der Waals surface area contributed by atoms with Crippen LogP contribution in [-0.2, 0) is 17.5 Å². The number of rotatable bonds is 5. The molecule has 0 aliphatic carbocycles. The molecule has 0 spiro atoms. The van der Waals surface area contributed by atoms with Crippen LogP contribution < -0.4 is 10.9 Å². The molecule has 0 saturated carbocycles. The van der Waals surface area contributed by atoms with Crippen LogP contribution in [0.15, 0.2) is 48.5 Å². The Balaban J connectivity index is 1.70. The van der Waals surface area contributed by atoms with E-state index in [4.69, 9.17) is 23.8 Å². The maximum absolute atomic E-state index is 12.7. The van der Waals surface area contributed by atoms with E-state index in [0.29, 0.717) is 16.4 Å². The molecule has 3 rings (SSSR count). The Labute approximate surface area is 167 Å². The van der Waals surface area contributed by atoms with Crippen molar-refractivity contribution in [3.63, 3.8) is 0 Å². The zero-order chi connectivity index (χ0) is 20.3. The van der Waals surface area contributed by atoms with E-state index < -0.39 is 17.6 Å². The van der Waals surface area contributed by atoms with Gasteiger partial charge in [0.2, 0.25) is 0 Å². The number of benzene rings is 2. The average Bonchev–Trinajstić information content (AvgIpc) is 3.01. The average molecular weight is 428 g/mol. The Morgan fingerprint density at radius 1 is 1.21 bits per heavy atom. The first-order valence-corrected chi connectivity index (χ1v) is 8.66. The molecule has 146 valence electrons. The molecule has 0 unspecified atom stereocenters. The van der Waals surface area contributed by atoms with E-state index >= 15 is 0 Å². The molecule has 0 aliphatic rings. The van der Waals surface area contributed by atoms with Gasteiger partial charge in [0, 0.05) is 10.6 Å². The van der Waals surface area contributed by atoms with Crippen molar-refractivity contribution < 1.29 is 18.0 Å². The van der Waals surface area contributed by atoms with Crippen LogP contribution in [0.5, 0.6) is 0 Å². The van der Waals surface area contributed by atoms with Crippen LogP contribution in [0.3, 0.4) is 0 Å². The maximum Gasteiger partial charge on any atom is 0.416 e. The first-order valence-electron chi connectivity index (χ1n) is 7.87. The monoisotopic (exact) mass is 427 g/mol. The topological polar surface area (TPSA) is 74.7 Å². The number of hydrogen-bond donors (Lipinski definition) is 3. The quantitative estimate of drug-likeness (QED) is 0.416. The number of aromatic amines is 1. The van der Waals surface area contributed by atoms with Crippen LogP contribution in [0.25, 0.3) is 11.4 Å². The number of hydrogen-bond acceptors (Lipinski definition) is 4. The summed E-state index contributed by atoms with van der Waals surface area (Å²) in [6.07, 6.45) is -4.47. The minimum absolute atomic E-state index is 0.0943. The van der Waals surface area contributed by atoms with Gasteiger partial charge in [0.15, 0.2) is 10.6 Å². The number of aromatic nitrogens is 3. The van der Waals surface area contributed by atoms with Crippen molar-refractivity contribution in [2.45, 2.75) is 12.7 Å². The van der Waals surface area contributed by atoms with Crippen LogP contribution in [0.1, 0.15) is 5.56 Å². The molecule has 0 saturated heterocycles. The second-order valence-corrected chi connectivity index (χ2v) is 6.52. The third kappa shape index (κ3) is 4.70. The molecule has 0 radical (unpaired) electrons. The van der Waals surface area contributed by atoms with E-state index in [1.807, 2.05) is 0 Å². The summed E-state index contributed by atoms with van der Waals surface area (Å²) in [6, 6.07) is 11.3. The third-order valence-electron chi connectivity index (χ3n) is 3.70. The Hall–Kier alpha value is -2.85. The maximum atomic E-state index is 12.7. The van der Waals surface area contributed by atoms with E-state index in [-0.39, 0.29) is 17.0 Å². The van der Waals surface area contributed by atoms with Gasteiger partial charge < -0.3 is 0 Å². The standard InChI is InChI=1S/C17H13ClF3N5OS/c18-12-6-4-10(5-7-12)15-24-25-16(28)26(15)9-14(27)23-22-13-3-1-2-11(8-13)17(19,20)21/h1-8,22H,9H2,(H,23,27)(H,25,28). The minimum Gasteiger partial charge on any atom is -0.299 e. The summed E-state index contributed by atoms with van der Waals surface area (Å²) >= 11 is 11.0. The van der Waals surface area contributed by atoms with Crippen molar-refractivity contribution in [1.82, 2.24) is 20.2 Å². The van der Waals surface area contributed by atoms with Gasteiger partial charge in [0.1, 0.15) is 6.54 Å². The molecule has 3 aromatic rings. The summed E-state index contributed by atoms with van der Waals surface area (Å²) < 4.78 is 39.9. The van der Waals surface area contributed by atoms with E-state index in [0.717, 1.165) is 12.1 Å². The molecule has 0 atom stereocenters. The van der Waals surface area contributed by atoms with Crippen molar-refractivity contribution in [3.8, 4) is 11.4 Å². The summed E-state index contributed by atoms with van der Waals surface area (Å²) in [5, 5.41) is 7.26. The number of carbonyl (C=O) groups is 1. The molecule has 0 bridgehead atoms. The van der Waals surface area contributed by atoms with Gasteiger partial charge >= 0.3 is 6.18 Å². The fraction of sp³-hybridized carbons (Fsp3) is 0.118. The SMILES string of the molecule is O=C(Cn1c(-c2ccc(Cl)cc2)n[nH]c1=S)NNc1cccc(C(F)(F)F)c1. The summed E-state index contributed by atoms with van der Waals surface area (Å²) in [4.78, 5) is 12.2. The summed E-state index contributed by atoms with van der Waals surface area (Å²) in [5.41, 5.74) is 4.76. The lowest BCUT2D eigenvalue weighted by Gasteiger charge is -2.12. The highest BCUT2D eigenvalue weighted by atomic mass is 35.5. The molecule has 1 amide bonds. The lowest BCUT2D eigenvalue weighted by Crippen LogP contribution is -2.32. The van der Waals surface area contributed by atoms with Gasteiger partial charge in [-0.2, -0.15) is 18.3 Å². The number of hydrazine groups is 1. The highest BCUT2D eigenvalue weighted by molar-refractivity contribution is 7.71. The van der Waals surface area contributed by atoms with Crippen LogP contribution in [0.4, 0.5) is 18.9 Å². The number of halogens is 4. The van der Waals surface area contributed by atoms with Crippen LogP contribution in [0.2, 0.25) is 5.02 Å². The van der Waals surface area contributed by atoms with Crippen molar-refractivity contribution >= 4 is 35.4 Å². The predicted molar refractivity (Wildman–Crippen MR) is 101 cm³/mol. The second kappa shape index (κ2) is 8.03.